The van der Waals surface area contributed by atoms with E-state index in [4.69, 9.17) is 11.6 Å². The van der Waals surface area contributed by atoms with Crippen LogP contribution in [-0.2, 0) is 14.8 Å². The Kier molecular flexibility index (Phi) is 6.57. The molecule has 1 unspecified atom stereocenters. The molecule has 1 aliphatic rings. The number of piperidine rings is 1. The Balaban J connectivity index is 1.50. The van der Waals surface area contributed by atoms with Crippen LogP contribution in [0, 0.1) is 5.92 Å². The van der Waals surface area contributed by atoms with E-state index in [-0.39, 0.29) is 22.1 Å². The Bertz CT molecular complexity index is 875. The molecule has 1 aliphatic heterocycles. The van der Waals surface area contributed by atoms with Gasteiger partial charge >= 0.3 is 0 Å². The fraction of sp³-hybridized carbons (Fsp3) is 0.421. The molecule has 0 bridgehead atoms. The average Bonchev–Trinajstić information content (AvgIpc) is 3.10. The molecule has 3 rings (SSSR count). The van der Waals surface area contributed by atoms with Crippen LogP contribution in [0.5, 0.6) is 0 Å². The average molecular weight is 427 g/mol. The quantitative estimate of drug-likeness (QED) is 0.757. The molecule has 1 atom stereocenters. The van der Waals surface area contributed by atoms with Crippen molar-refractivity contribution < 1.29 is 13.2 Å². The number of nitrogens with zero attached hydrogens (tertiary/aromatic N) is 1. The molecule has 2 heterocycles. The first-order valence-corrected chi connectivity index (χ1v) is 11.6. The smallest absolute Gasteiger partial charge is 0.252 e. The molecule has 2 aromatic rings. The number of carbonyl (C=O) groups excluding carboxylic acids is 1. The summed E-state index contributed by atoms with van der Waals surface area (Å²) in [6.07, 6.45) is 1.80. The van der Waals surface area contributed by atoms with Gasteiger partial charge in [0.1, 0.15) is 4.21 Å². The first-order chi connectivity index (χ1) is 12.9. The molecule has 1 N–H and O–H groups in total. The van der Waals surface area contributed by atoms with Crippen LogP contribution in [0.15, 0.2) is 46.7 Å². The highest BCUT2D eigenvalue weighted by atomic mass is 35.5. The van der Waals surface area contributed by atoms with Crippen LogP contribution in [0.1, 0.15) is 37.8 Å². The van der Waals surface area contributed by atoms with Crippen molar-refractivity contribution in [1.29, 1.82) is 0 Å². The van der Waals surface area contributed by atoms with Crippen LogP contribution >= 0.6 is 22.9 Å². The van der Waals surface area contributed by atoms with Gasteiger partial charge in [-0.1, -0.05) is 41.9 Å². The number of carbonyl (C=O) groups is 1. The number of nitrogens with one attached hydrogen (secondary N) is 1. The normalized spacial score (nSPS) is 17.6. The first-order valence-electron chi connectivity index (χ1n) is 8.96. The highest BCUT2D eigenvalue weighted by Crippen LogP contribution is 2.31. The number of hydrogen-bond donors (Lipinski definition) is 1. The maximum absolute atomic E-state index is 12.6. The molecule has 27 heavy (non-hydrogen) atoms. The second-order valence-electron chi connectivity index (χ2n) is 6.81. The second-order valence-corrected chi connectivity index (χ2v) is 10.7. The number of rotatable bonds is 6. The third-order valence-electron chi connectivity index (χ3n) is 4.87. The molecule has 0 spiro atoms. The Labute approximate surface area is 169 Å². The molecule has 1 fully saturated rings. The summed E-state index contributed by atoms with van der Waals surface area (Å²) in [5.41, 5.74) is 1.07. The largest absolute Gasteiger partial charge is 0.350 e. The minimum Gasteiger partial charge on any atom is -0.350 e. The van der Waals surface area contributed by atoms with Crippen molar-refractivity contribution in [3.05, 3.63) is 52.4 Å². The molecule has 0 radical (unpaired) electrons. The van der Waals surface area contributed by atoms with Gasteiger partial charge in [0, 0.05) is 19.5 Å². The first kappa shape index (κ1) is 20.3. The second kappa shape index (κ2) is 8.73. The van der Waals surface area contributed by atoms with Gasteiger partial charge in [0.15, 0.2) is 0 Å². The van der Waals surface area contributed by atoms with Crippen LogP contribution in [0.3, 0.4) is 0 Å². The number of benzene rings is 1. The zero-order valence-electron chi connectivity index (χ0n) is 15.1. The summed E-state index contributed by atoms with van der Waals surface area (Å²) in [7, 11) is -3.48. The molecule has 1 aromatic heterocycles. The minimum atomic E-state index is -3.48. The van der Waals surface area contributed by atoms with Crippen LogP contribution in [0.25, 0.3) is 0 Å². The number of thiophene rings is 1. The fourth-order valence-corrected chi connectivity index (χ4v) is 6.41. The van der Waals surface area contributed by atoms with Gasteiger partial charge < -0.3 is 5.32 Å². The molecule has 5 nitrogen and oxygen atoms in total. The predicted octanol–water partition coefficient (Wildman–Crippen LogP) is 4.07. The maximum atomic E-state index is 12.6. The van der Waals surface area contributed by atoms with E-state index in [0.29, 0.717) is 36.7 Å². The SMILES string of the molecule is CC(NC(=O)CC1CCN(S(=O)(=O)c2ccc(Cl)s2)CC1)c1ccccc1. The van der Waals surface area contributed by atoms with E-state index in [1.165, 1.54) is 4.31 Å². The van der Waals surface area contributed by atoms with Crippen molar-refractivity contribution in [3.63, 3.8) is 0 Å². The van der Waals surface area contributed by atoms with E-state index in [0.717, 1.165) is 16.9 Å². The van der Waals surface area contributed by atoms with E-state index < -0.39 is 10.0 Å². The van der Waals surface area contributed by atoms with E-state index in [1.807, 2.05) is 37.3 Å². The summed E-state index contributed by atoms with van der Waals surface area (Å²) in [4.78, 5) is 12.3. The highest BCUT2D eigenvalue weighted by Gasteiger charge is 2.31. The standard InChI is InChI=1S/C19H23ClN2O3S2/c1-14(16-5-3-2-4-6-16)21-18(23)13-15-9-11-22(12-10-15)27(24,25)19-8-7-17(20)26-19/h2-8,14-15H,9-13H2,1H3,(H,21,23). The van der Waals surface area contributed by atoms with Gasteiger partial charge in [-0.15, -0.1) is 11.3 Å². The minimum absolute atomic E-state index is 0.0118. The molecular weight excluding hydrogens is 404 g/mol. The topological polar surface area (TPSA) is 66.5 Å². The summed E-state index contributed by atoms with van der Waals surface area (Å²) in [6, 6.07) is 12.9. The third kappa shape index (κ3) is 5.10. The molecule has 8 heteroatoms. The Morgan fingerprint density at radius 2 is 1.89 bits per heavy atom. The summed E-state index contributed by atoms with van der Waals surface area (Å²) in [5, 5.41) is 3.03. The summed E-state index contributed by atoms with van der Waals surface area (Å²) in [6.45, 7) is 2.84. The van der Waals surface area contributed by atoms with E-state index >= 15 is 0 Å². The van der Waals surface area contributed by atoms with Crippen LogP contribution in [-0.4, -0.2) is 31.7 Å². The number of hydrogen-bond acceptors (Lipinski definition) is 4. The lowest BCUT2D eigenvalue weighted by atomic mass is 9.94. The van der Waals surface area contributed by atoms with Gasteiger partial charge in [-0.25, -0.2) is 8.42 Å². The Hall–Kier alpha value is -1.41. The third-order valence-corrected chi connectivity index (χ3v) is 8.46. The lowest BCUT2D eigenvalue weighted by molar-refractivity contribution is -0.122. The van der Waals surface area contributed by atoms with Crippen molar-refractivity contribution in [2.45, 2.75) is 36.4 Å². The van der Waals surface area contributed by atoms with Gasteiger partial charge in [0.2, 0.25) is 5.91 Å². The summed E-state index contributed by atoms with van der Waals surface area (Å²) < 4.78 is 27.5. The maximum Gasteiger partial charge on any atom is 0.252 e. The molecule has 1 aromatic carbocycles. The summed E-state index contributed by atoms with van der Waals surface area (Å²) in [5.74, 6) is 0.212. The van der Waals surface area contributed by atoms with Crippen molar-refractivity contribution >= 4 is 38.9 Å². The van der Waals surface area contributed by atoms with Crippen molar-refractivity contribution in [2.24, 2.45) is 5.92 Å². The zero-order chi connectivity index (χ0) is 19.4. The zero-order valence-corrected chi connectivity index (χ0v) is 17.5. The van der Waals surface area contributed by atoms with Crippen molar-refractivity contribution in [2.75, 3.05) is 13.1 Å². The van der Waals surface area contributed by atoms with Crippen LogP contribution in [0.4, 0.5) is 0 Å². The Morgan fingerprint density at radius 3 is 2.48 bits per heavy atom. The van der Waals surface area contributed by atoms with Crippen LogP contribution in [0.2, 0.25) is 4.34 Å². The molecule has 0 saturated carbocycles. The number of halogens is 1. The van der Waals surface area contributed by atoms with Crippen molar-refractivity contribution in [3.8, 4) is 0 Å². The molecule has 146 valence electrons. The Morgan fingerprint density at radius 1 is 1.22 bits per heavy atom. The predicted molar refractivity (Wildman–Crippen MR) is 108 cm³/mol. The molecule has 1 amide bonds. The monoisotopic (exact) mass is 426 g/mol. The van der Waals surface area contributed by atoms with E-state index in [2.05, 4.69) is 5.32 Å². The lowest BCUT2D eigenvalue weighted by Crippen LogP contribution is -2.39. The van der Waals surface area contributed by atoms with E-state index in [9.17, 15) is 13.2 Å². The van der Waals surface area contributed by atoms with Gasteiger partial charge in [0.25, 0.3) is 10.0 Å². The van der Waals surface area contributed by atoms with Gasteiger partial charge in [0.05, 0.1) is 10.4 Å². The fourth-order valence-electron chi connectivity index (χ4n) is 3.30. The van der Waals surface area contributed by atoms with Gasteiger partial charge in [-0.2, -0.15) is 4.31 Å². The highest BCUT2D eigenvalue weighted by molar-refractivity contribution is 7.91. The molecular formula is C19H23ClN2O3S2. The van der Waals surface area contributed by atoms with Crippen LogP contribution < -0.4 is 5.32 Å². The van der Waals surface area contributed by atoms with Gasteiger partial charge in [-0.3, -0.25) is 4.79 Å². The van der Waals surface area contributed by atoms with Gasteiger partial charge in [-0.05, 0) is 43.4 Å². The lowest BCUT2D eigenvalue weighted by Gasteiger charge is -2.30. The number of sulfonamides is 1. The van der Waals surface area contributed by atoms with E-state index in [1.54, 1.807) is 12.1 Å². The number of amides is 1. The molecule has 0 aliphatic carbocycles. The van der Waals surface area contributed by atoms with Crippen molar-refractivity contribution in [1.82, 2.24) is 9.62 Å². The molecule has 1 saturated heterocycles. The summed E-state index contributed by atoms with van der Waals surface area (Å²) >= 11 is 6.94.